The van der Waals surface area contributed by atoms with Crippen molar-refractivity contribution in [1.29, 1.82) is 0 Å². The van der Waals surface area contributed by atoms with Crippen LogP contribution in [0.2, 0.25) is 0 Å². The fourth-order valence-corrected chi connectivity index (χ4v) is 1.79. The van der Waals surface area contributed by atoms with Crippen LogP contribution < -0.4 is 5.73 Å². The number of aryl methyl sites for hydroxylation is 1. The standard InChI is InChI=1S/C12H11F4N3/c1-19-6-7(5-18-19)11(17)8-3-2-4-9(10(8)13)12(14,15)16/h2-6,11H,17H2,1H3. The van der Waals surface area contributed by atoms with Crippen LogP contribution >= 0.6 is 0 Å². The molecule has 0 saturated heterocycles. The van der Waals surface area contributed by atoms with Gasteiger partial charge < -0.3 is 5.73 Å². The third-order valence-electron chi connectivity index (χ3n) is 2.75. The van der Waals surface area contributed by atoms with Gasteiger partial charge in [0.2, 0.25) is 0 Å². The summed E-state index contributed by atoms with van der Waals surface area (Å²) >= 11 is 0. The van der Waals surface area contributed by atoms with Crippen molar-refractivity contribution in [1.82, 2.24) is 9.78 Å². The minimum absolute atomic E-state index is 0.206. The van der Waals surface area contributed by atoms with Gasteiger partial charge in [-0.3, -0.25) is 4.68 Å². The maximum absolute atomic E-state index is 13.9. The summed E-state index contributed by atoms with van der Waals surface area (Å²) in [5, 5.41) is 3.86. The van der Waals surface area contributed by atoms with Gasteiger partial charge in [0.15, 0.2) is 0 Å². The van der Waals surface area contributed by atoms with E-state index in [1.807, 2.05) is 0 Å². The summed E-state index contributed by atoms with van der Waals surface area (Å²) in [6.45, 7) is 0. The van der Waals surface area contributed by atoms with Gasteiger partial charge >= 0.3 is 6.18 Å². The van der Waals surface area contributed by atoms with E-state index in [-0.39, 0.29) is 5.56 Å². The molecule has 2 aromatic rings. The van der Waals surface area contributed by atoms with E-state index >= 15 is 0 Å². The van der Waals surface area contributed by atoms with Crippen molar-refractivity contribution in [3.63, 3.8) is 0 Å². The second-order valence-electron chi connectivity index (χ2n) is 4.13. The number of nitrogens with two attached hydrogens (primary N) is 1. The maximum Gasteiger partial charge on any atom is 0.419 e. The second kappa shape index (κ2) is 4.65. The average Bonchev–Trinajstić information content (AvgIpc) is 2.74. The lowest BCUT2D eigenvalue weighted by Crippen LogP contribution is -2.17. The molecule has 19 heavy (non-hydrogen) atoms. The van der Waals surface area contributed by atoms with Crippen LogP contribution in [-0.2, 0) is 13.2 Å². The average molecular weight is 273 g/mol. The molecule has 2 N–H and O–H groups in total. The zero-order chi connectivity index (χ0) is 14.2. The molecule has 0 saturated carbocycles. The monoisotopic (exact) mass is 273 g/mol. The van der Waals surface area contributed by atoms with E-state index in [0.29, 0.717) is 11.6 Å². The first kappa shape index (κ1) is 13.5. The molecule has 1 atom stereocenters. The Morgan fingerprint density at radius 1 is 1.32 bits per heavy atom. The van der Waals surface area contributed by atoms with Gasteiger partial charge in [-0.1, -0.05) is 12.1 Å². The second-order valence-corrected chi connectivity index (χ2v) is 4.13. The van der Waals surface area contributed by atoms with E-state index in [0.717, 1.165) is 6.07 Å². The van der Waals surface area contributed by atoms with Crippen LogP contribution in [0.3, 0.4) is 0 Å². The lowest BCUT2D eigenvalue weighted by atomic mass is 9.99. The van der Waals surface area contributed by atoms with Crippen molar-refractivity contribution in [2.24, 2.45) is 12.8 Å². The Morgan fingerprint density at radius 2 is 2.00 bits per heavy atom. The number of aromatic nitrogens is 2. The number of hydrogen-bond donors (Lipinski definition) is 1. The largest absolute Gasteiger partial charge is 0.419 e. The van der Waals surface area contributed by atoms with Crippen molar-refractivity contribution >= 4 is 0 Å². The number of nitrogens with zero attached hydrogens (tertiary/aromatic N) is 2. The summed E-state index contributed by atoms with van der Waals surface area (Å²) in [6.07, 6.45) is -1.82. The minimum Gasteiger partial charge on any atom is -0.320 e. The van der Waals surface area contributed by atoms with E-state index in [1.165, 1.54) is 23.1 Å². The highest BCUT2D eigenvalue weighted by atomic mass is 19.4. The number of rotatable bonds is 2. The van der Waals surface area contributed by atoms with Gasteiger partial charge in [0, 0.05) is 24.4 Å². The third kappa shape index (κ3) is 2.60. The first-order chi connectivity index (χ1) is 8.80. The molecule has 0 fully saturated rings. The van der Waals surface area contributed by atoms with E-state index in [9.17, 15) is 17.6 Å². The van der Waals surface area contributed by atoms with Crippen LogP contribution in [0.4, 0.5) is 17.6 Å². The van der Waals surface area contributed by atoms with Gasteiger partial charge in [0.25, 0.3) is 0 Å². The molecule has 1 unspecified atom stereocenters. The quantitative estimate of drug-likeness (QED) is 0.855. The van der Waals surface area contributed by atoms with Crippen LogP contribution in [-0.4, -0.2) is 9.78 Å². The highest BCUT2D eigenvalue weighted by molar-refractivity contribution is 5.35. The van der Waals surface area contributed by atoms with Crippen LogP contribution in [0.15, 0.2) is 30.6 Å². The van der Waals surface area contributed by atoms with E-state index < -0.39 is 23.6 Å². The zero-order valence-electron chi connectivity index (χ0n) is 9.95. The lowest BCUT2D eigenvalue weighted by Gasteiger charge is -2.15. The number of halogens is 4. The van der Waals surface area contributed by atoms with E-state index in [2.05, 4.69) is 5.10 Å². The molecule has 1 aromatic heterocycles. The molecular formula is C12H11F4N3. The van der Waals surface area contributed by atoms with E-state index in [4.69, 9.17) is 5.73 Å². The van der Waals surface area contributed by atoms with Crippen molar-refractivity contribution in [2.45, 2.75) is 12.2 Å². The maximum atomic E-state index is 13.9. The summed E-state index contributed by atoms with van der Waals surface area (Å²) in [5.41, 5.74) is 4.71. The highest BCUT2D eigenvalue weighted by Gasteiger charge is 2.35. The van der Waals surface area contributed by atoms with Crippen molar-refractivity contribution < 1.29 is 17.6 Å². The number of alkyl halides is 3. The molecule has 3 nitrogen and oxygen atoms in total. The Morgan fingerprint density at radius 3 is 2.53 bits per heavy atom. The molecule has 2 rings (SSSR count). The smallest absolute Gasteiger partial charge is 0.320 e. The van der Waals surface area contributed by atoms with Gasteiger partial charge in [-0.25, -0.2) is 4.39 Å². The van der Waals surface area contributed by atoms with Crippen LogP contribution in [0.1, 0.15) is 22.7 Å². The topological polar surface area (TPSA) is 43.8 Å². The van der Waals surface area contributed by atoms with Crippen LogP contribution in [0.5, 0.6) is 0 Å². The van der Waals surface area contributed by atoms with Crippen molar-refractivity contribution in [3.05, 3.63) is 53.1 Å². The molecular weight excluding hydrogens is 262 g/mol. The SMILES string of the molecule is Cn1cc(C(N)c2cccc(C(F)(F)F)c2F)cn1. The zero-order valence-corrected chi connectivity index (χ0v) is 9.95. The van der Waals surface area contributed by atoms with Crippen molar-refractivity contribution in [3.8, 4) is 0 Å². The molecule has 0 aliphatic heterocycles. The Kier molecular flexibility index (Phi) is 3.32. The summed E-state index contributed by atoms with van der Waals surface area (Å²) in [5.74, 6) is -1.34. The lowest BCUT2D eigenvalue weighted by molar-refractivity contribution is -0.140. The molecule has 0 spiro atoms. The summed E-state index contributed by atoms with van der Waals surface area (Å²) in [6, 6.07) is 2.07. The molecule has 1 aromatic carbocycles. The van der Waals surface area contributed by atoms with Gasteiger partial charge in [-0.2, -0.15) is 18.3 Å². The van der Waals surface area contributed by atoms with Gasteiger partial charge in [0.05, 0.1) is 17.8 Å². The van der Waals surface area contributed by atoms with Gasteiger partial charge in [-0.15, -0.1) is 0 Å². The fraction of sp³-hybridized carbons (Fsp3) is 0.250. The normalized spacial score (nSPS) is 13.6. The predicted molar refractivity (Wildman–Crippen MR) is 60.6 cm³/mol. The summed E-state index contributed by atoms with van der Waals surface area (Å²) < 4.78 is 53.1. The summed E-state index contributed by atoms with van der Waals surface area (Å²) in [4.78, 5) is 0. The Balaban J connectivity index is 2.46. The molecule has 0 aliphatic carbocycles. The van der Waals surface area contributed by atoms with Crippen LogP contribution in [0.25, 0.3) is 0 Å². The molecule has 0 aliphatic rings. The van der Waals surface area contributed by atoms with Crippen molar-refractivity contribution in [2.75, 3.05) is 0 Å². The minimum atomic E-state index is -4.74. The molecule has 0 radical (unpaired) electrons. The van der Waals surface area contributed by atoms with E-state index in [1.54, 1.807) is 7.05 Å². The molecule has 1 heterocycles. The first-order valence-electron chi connectivity index (χ1n) is 5.40. The molecule has 7 heteroatoms. The number of benzene rings is 1. The molecule has 102 valence electrons. The third-order valence-corrected chi connectivity index (χ3v) is 2.75. The fourth-order valence-electron chi connectivity index (χ4n) is 1.79. The Labute approximate surface area is 106 Å². The molecule has 0 bridgehead atoms. The predicted octanol–water partition coefficient (Wildman–Crippen LogP) is 2.63. The van der Waals surface area contributed by atoms with Gasteiger partial charge in [0.1, 0.15) is 5.82 Å². The Hall–Kier alpha value is -1.89. The highest BCUT2D eigenvalue weighted by Crippen LogP contribution is 2.34. The van der Waals surface area contributed by atoms with Crippen LogP contribution in [0, 0.1) is 5.82 Å². The number of hydrogen-bond acceptors (Lipinski definition) is 2. The molecule has 0 amide bonds. The Bertz CT molecular complexity index is 589. The first-order valence-corrected chi connectivity index (χ1v) is 5.40. The van der Waals surface area contributed by atoms with Gasteiger partial charge in [-0.05, 0) is 6.07 Å². The summed E-state index contributed by atoms with van der Waals surface area (Å²) in [7, 11) is 1.64.